The molecule has 2 aromatic rings. The predicted molar refractivity (Wildman–Crippen MR) is 112 cm³/mol. The van der Waals surface area contributed by atoms with Crippen molar-refractivity contribution in [1.29, 1.82) is 0 Å². The number of ether oxygens (including phenoxy) is 1. The molecule has 2 N–H and O–H groups in total. The molecule has 0 saturated heterocycles. The average molecular weight is 447 g/mol. The first-order valence-corrected chi connectivity index (χ1v) is 10.7. The number of aromatic nitrogens is 2. The highest BCUT2D eigenvalue weighted by Crippen LogP contribution is 2.50. The van der Waals surface area contributed by atoms with Crippen LogP contribution in [0.1, 0.15) is 49.5 Å². The van der Waals surface area contributed by atoms with Gasteiger partial charge in [-0.15, -0.1) is 0 Å². The number of hydrogen-bond donors (Lipinski definition) is 2. The lowest BCUT2D eigenvalue weighted by Gasteiger charge is -2.57. The number of amides is 2. The third kappa shape index (κ3) is 4.49. The van der Waals surface area contributed by atoms with E-state index in [1.165, 1.54) is 18.5 Å². The van der Waals surface area contributed by atoms with Crippen molar-refractivity contribution in [2.24, 2.45) is 5.92 Å². The van der Waals surface area contributed by atoms with E-state index < -0.39 is 5.82 Å². The lowest BCUT2D eigenvalue weighted by molar-refractivity contribution is -0.127. The fourth-order valence-corrected chi connectivity index (χ4v) is 4.96. The zero-order valence-corrected chi connectivity index (χ0v) is 17.9. The van der Waals surface area contributed by atoms with E-state index in [1.54, 1.807) is 12.3 Å². The van der Waals surface area contributed by atoms with Gasteiger partial charge in [0.25, 0.3) is 11.8 Å². The van der Waals surface area contributed by atoms with Crippen molar-refractivity contribution in [2.45, 2.75) is 50.1 Å². The van der Waals surface area contributed by atoms with Gasteiger partial charge >= 0.3 is 0 Å². The second kappa shape index (κ2) is 8.42. The van der Waals surface area contributed by atoms with E-state index in [2.05, 4.69) is 27.5 Å². The lowest BCUT2D eigenvalue weighted by Crippen LogP contribution is -2.67. The number of halogens is 2. The Morgan fingerprint density at radius 2 is 2.00 bits per heavy atom. The Labute approximate surface area is 184 Å². The van der Waals surface area contributed by atoms with E-state index in [1.807, 2.05) is 0 Å². The summed E-state index contributed by atoms with van der Waals surface area (Å²) in [6.07, 6.45) is 6.75. The quantitative estimate of drug-likeness (QED) is 0.710. The van der Waals surface area contributed by atoms with E-state index >= 15 is 0 Å². The van der Waals surface area contributed by atoms with Crippen LogP contribution in [0.25, 0.3) is 0 Å². The zero-order valence-electron chi connectivity index (χ0n) is 17.2. The molecule has 31 heavy (non-hydrogen) atoms. The number of nitrogens with zero attached hydrogens (tertiary/aromatic N) is 2. The van der Waals surface area contributed by atoms with Gasteiger partial charge in [0.15, 0.2) is 6.61 Å². The molecule has 0 aliphatic heterocycles. The number of fused-ring (bicyclic) bond motifs is 3. The summed E-state index contributed by atoms with van der Waals surface area (Å²) in [6.45, 7) is 1.90. The molecular formula is C22H24ClFN4O3. The molecule has 9 heteroatoms. The molecule has 3 aliphatic rings. The molecule has 1 unspecified atom stereocenters. The molecule has 3 aliphatic carbocycles. The van der Waals surface area contributed by atoms with Gasteiger partial charge in [0.1, 0.15) is 23.6 Å². The van der Waals surface area contributed by atoms with Gasteiger partial charge in [-0.3, -0.25) is 9.59 Å². The first kappa shape index (κ1) is 21.5. The lowest BCUT2D eigenvalue weighted by atomic mass is 9.56. The van der Waals surface area contributed by atoms with Gasteiger partial charge in [0.05, 0.1) is 5.02 Å². The molecule has 1 aromatic heterocycles. The van der Waals surface area contributed by atoms with Crippen LogP contribution in [0.5, 0.6) is 5.75 Å². The Balaban J connectivity index is 1.34. The first-order valence-electron chi connectivity index (χ1n) is 10.3. The molecule has 0 radical (unpaired) electrons. The Morgan fingerprint density at radius 3 is 2.65 bits per heavy atom. The third-order valence-electron chi connectivity index (χ3n) is 6.58. The van der Waals surface area contributed by atoms with Crippen LogP contribution in [0.15, 0.2) is 36.8 Å². The van der Waals surface area contributed by atoms with Crippen LogP contribution in [0.3, 0.4) is 0 Å². The minimum Gasteiger partial charge on any atom is -0.484 e. The first-order chi connectivity index (χ1) is 14.8. The fourth-order valence-electron chi connectivity index (χ4n) is 4.84. The molecule has 0 spiro atoms. The maximum Gasteiger partial charge on any atom is 0.270 e. The van der Waals surface area contributed by atoms with Gasteiger partial charge < -0.3 is 15.4 Å². The SMILES string of the molecule is CC1CC2(NC(=O)COc3ccc(Cl)c(F)c3)CCC1(NC(=O)c1ccncn1)CC2. The van der Waals surface area contributed by atoms with E-state index in [-0.39, 0.29) is 46.2 Å². The number of carbonyl (C=O) groups excluding carboxylic acids is 2. The predicted octanol–water partition coefficient (Wildman–Crippen LogP) is 3.29. The maximum absolute atomic E-state index is 13.5. The summed E-state index contributed by atoms with van der Waals surface area (Å²) in [5.41, 5.74) is -0.263. The molecular weight excluding hydrogens is 423 g/mol. The highest BCUT2D eigenvalue weighted by Gasteiger charge is 2.54. The maximum atomic E-state index is 13.5. The summed E-state index contributed by atoms with van der Waals surface area (Å²) in [5, 5.41) is 6.34. The molecule has 1 heterocycles. The molecule has 164 valence electrons. The van der Waals surface area contributed by atoms with Crippen LogP contribution in [0, 0.1) is 11.7 Å². The van der Waals surface area contributed by atoms with Crippen molar-refractivity contribution in [3.63, 3.8) is 0 Å². The van der Waals surface area contributed by atoms with E-state index in [0.29, 0.717) is 5.69 Å². The smallest absolute Gasteiger partial charge is 0.270 e. The number of rotatable bonds is 6. The second-order valence-electron chi connectivity index (χ2n) is 8.50. The van der Waals surface area contributed by atoms with Crippen molar-refractivity contribution < 1.29 is 18.7 Å². The van der Waals surface area contributed by atoms with Crippen LogP contribution < -0.4 is 15.4 Å². The number of hydrogen-bond acceptors (Lipinski definition) is 5. The molecule has 7 nitrogen and oxygen atoms in total. The highest BCUT2D eigenvalue weighted by atomic mass is 35.5. The molecule has 2 bridgehead atoms. The van der Waals surface area contributed by atoms with E-state index in [4.69, 9.17) is 16.3 Å². The van der Waals surface area contributed by atoms with Crippen LogP contribution in [0.4, 0.5) is 4.39 Å². The second-order valence-corrected chi connectivity index (χ2v) is 8.91. The van der Waals surface area contributed by atoms with E-state index in [0.717, 1.165) is 38.2 Å². The largest absolute Gasteiger partial charge is 0.484 e. The van der Waals surface area contributed by atoms with Crippen molar-refractivity contribution in [1.82, 2.24) is 20.6 Å². The Morgan fingerprint density at radius 1 is 1.23 bits per heavy atom. The minimum atomic E-state index is -0.591. The van der Waals surface area contributed by atoms with Crippen LogP contribution in [-0.4, -0.2) is 39.5 Å². The minimum absolute atomic E-state index is 0.00405. The van der Waals surface area contributed by atoms with Crippen LogP contribution in [0.2, 0.25) is 5.02 Å². The fraction of sp³-hybridized carbons (Fsp3) is 0.455. The van der Waals surface area contributed by atoms with Gasteiger partial charge in [-0.2, -0.15) is 0 Å². The number of nitrogens with one attached hydrogen (secondary N) is 2. The topological polar surface area (TPSA) is 93.2 Å². The van der Waals surface area contributed by atoms with Crippen LogP contribution in [-0.2, 0) is 4.79 Å². The highest BCUT2D eigenvalue weighted by molar-refractivity contribution is 6.30. The molecule has 2 amide bonds. The zero-order chi connectivity index (χ0) is 22.1. The van der Waals surface area contributed by atoms with E-state index in [9.17, 15) is 14.0 Å². The van der Waals surface area contributed by atoms with Gasteiger partial charge in [0.2, 0.25) is 0 Å². The van der Waals surface area contributed by atoms with Gasteiger partial charge in [-0.05, 0) is 56.2 Å². The Hall–Kier alpha value is -2.74. The molecule has 1 aromatic carbocycles. The normalized spacial score (nSPS) is 26.9. The third-order valence-corrected chi connectivity index (χ3v) is 6.89. The summed E-state index contributed by atoms with van der Waals surface area (Å²) < 4.78 is 18.9. The Kier molecular flexibility index (Phi) is 5.83. The summed E-state index contributed by atoms with van der Waals surface area (Å²) in [7, 11) is 0. The Bertz CT molecular complexity index is 980. The van der Waals surface area contributed by atoms with Crippen molar-refractivity contribution in [3.8, 4) is 5.75 Å². The van der Waals surface area contributed by atoms with Crippen molar-refractivity contribution in [3.05, 3.63) is 53.3 Å². The van der Waals surface area contributed by atoms with Crippen LogP contribution >= 0.6 is 11.6 Å². The molecule has 3 fully saturated rings. The summed E-state index contributed by atoms with van der Waals surface area (Å²) in [4.78, 5) is 33.0. The molecule has 5 rings (SSSR count). The molecule has 3 saturated carbocycles. The summed E-state index contributed by atoms with van der Waals surface area (Å²) in [6, 6.07) is 5.67. The number of carbonyl (C=O) groups is 2. The summed E-state index contributed by atoms with van der Waals surface area (Å²) >= 11 is 5.66. The summed E-state index contributed by atoms with van der Waals surface area (Å²) in [5.74, 6) is -0.598. The van der Waals surface area contributed by atoms with Gasteiger partial charge in [-0.25, -0.2) is 14.4 Å². The standard InChI is InChI=1S/C22H24ClFN4O3/c1-14-11-21(27-19(29)12-31-15-2-3-16(23)17(24)10-15)5-7-22(14,8-6-21)28-20(30)18-4-9-25-13-26-18/h2-4,9-10,13-14H,5-8,11-12H2,1H3,(H,27,29)(H,28,30). The monoisotopic (exact) mass is 446 g/mol. The molecule has 1 atom stereocenters. The van der Waals surface area contributed by atoms with Gasteiger partial charge in [-0.1, -0.05) is 18.5 Å². The average Bonchev–Trinajstić information content (AvgIpc) is 2.76. The number of benzene rings is 1. The van der Waals surface area contributed by atoms with Gasteiger partial charge in [0, 0.05) is 23.3 Å². The van der Waals surface area contributed by atoms with Crippen molar-refractivity contribution >= 4 is 23.4 Å². The van der Waals surface area contributed by atoms with Crippen molar-refractivity contribution in [2.75, 3.05) is 6.61 Å².